The number of nitrogens with one attached hydrogen (secondary N) is 1. The number of nitrogens with zero attached hydrogens (tertiary/aromatic N) is 2. The first-order valence-electron chi connectivity index (χ1n) is 11.5. The molecule has 0 aliphatic heterocycles. The second-order valence-electron chi connectivity index (χ2n) is 8.13. The maximum absolute atomic E-state index is 13.4. The molecule has 0 bridgehead atoms. The van der Waals surface area contributed by atoms with E-state index in [1.807, 2.05) is 44.2 Å². The van der Waals surface area contributed by atoms with E-state index in [1.54, 1.807) is 30.3 Å². The van der Waals surface area contributed by atoms with E-state index in [9.17, 15) is 13.2 Å². The third-order valence-electron chi connectivity index (χ3n) is 5.46. The first-order valence-corrected chi connectivity index (χ1v) is 13.0. The van der Waals surface area contributed by atoms with Gasteiger partial charge in [-0.1, -0.05) is 49.7 Å². The molecule has 3 aromatic rings. The third kappa shape index (κ3) is 6.93. The zero-order valence-corrected chi connectivity index (χ0v) is 21.1. The largest absolute Gasteiger partial charge is 0.493 e. The predicted octanol–water partition coefficient (Wildman–Crippen LogP) is 4.83. The van der Waals surface area contributed by atoms with Gasteiger partial charge in [-0.2, -0.15) is 5.10 Å². The van der Waals surface area contributed by atoms with Crippen molar-refractivity contribution in [1.29, 1.82) is 0 Å². The van der Waals surface area contributed by atoms with Crippen LogP contribution in [0.4, 0.5) is 5.69 Å². The Hall–Kier alpha value is -3.65. The van der Waals surface area contributed by atoms with Crippen LogP contribution in [0.3, 0.4) is 0 Å². The number of hydrogen-bond donors (Lipinski definition) is 1. The Morgan fingerprint density at radius 1 is 1.00 bits per heavy atom. The highest BCUT2D eigenvalue weighted by atomic mass is 32.2. The van der Waals surface area contributed by atoms with Gasteiger partial charge >= 0.3 is 0 Å². The fraction of sp³-hybridized carbons (Fsp3) is 0.259. The normalized spacial score (nSPS) is 11.4. The highest BCUT2D eigenvalue weighted by Gasteiger charge is 2.27. The number of carbonyl (C=O) groups is 1. The lowest BCUT2D eigenvalue weighted by Crippen LogP contribution is -2.39. The van der Waals surface area contributed by atoms with Crippen LogP contribution < -0.4 is 14.5 Å². The van der Waals surface area contributed by atoms with Crippen LogP contribution in [0.15, 0.2) is 82.8 Å². The number of hydrazone groups is 1. The molecule has 8 heteroatoms. The van der Waals surface area contributed by atoms with E-state index in [0.717, 1.165) is 28.3 Å². The van der Waals surface area contributed by atoms with E-state index in [0.29, 0.717) is 23.6 Å². The Morgan fingerprint density at radius 2 is 1.71 bits per heavy atom. The summed E-state index contributed by atoms with van der Waals surface area (Å²) >= 11 is 0. The Bertz CT molecular complexity index is 1270. The topological polar surface area (TPSA) is 88.1 Å². The molecule has 0 atom stereocenters. The highest BCUT2D eigenvalue weighted by Crippen LogP contribution is 2.25. The predicted molar refractivity (Wildman–Crippen MR) is 139 cm³/mol. The number of amides is 1. The van der Waals surface area contributed by atoms with Crippen LogP contribution in [0.1, 0.15) is 36.5 Å². The molecule has 0 aromatic heterocycles. The lowest BCUT2D eigenvalue weighted by molar-refractivity contribution is -0.119. The average molecular weight is 494 g/mol. The number of aryl methyl sites for hydroxylation is 2. The number of carbonyl (C=O) groups excluding carboxylic acids is 1. The summed E-state index contributed by atoms with van der Waals surface area (Å²) in [6.07, 6.45) is 3.45. The molecule has 1 N–H and O–H groups in total. The summed E-state index contributed by atoms with van der Waals surface area (Å²) in [6, 6.07) is 20.7. The summed E-state index contributed by atoms with van der Waals surface area (Å²) in [5.41, 5.74) is 5.52. The summed E-state index contributed by atoms with van der Waals surface area (Å²) < 4.78 is 33.7. The van der Waals surface area contributed by atoms with Gasteiger partial charge < -0.3 is 4.74 Å². The van der Waals surface area contributed by atoms with Crippen molar-refractivity contribution in [1.82, 2.24) is 5.43 Å². The summed E-state index contributed by atoms with van der Waals surface area (Å²) in [5, 5.41) is 4.04. The lowest BCUT2D eigenvalue weighted by Gasteiger charge is -2.24. The number of rotatable bonds is 11. The second-order valence-corrected chi connectivity index (χ2v) is 9.99. The van der Waals surface area contributed by atoms with Gasteiger partial charge in [0.05, 0.1) is 23.4 Å². The molecule has 0 fully saturated rings. The molecule has 0 unspecified atom stereocenters. The molecule has 1 amide bonds. The van der Waals surface area contributed by atoms with Crippen molar-refractivity contribution >= 4 is 27.8 Å². The number of unbranched alkanes of at least 4 members (excludes halogenated alkanes) is 1. The molecule has 0 spiro atoms. The van der Waals surface area contributed by atoms with Crippen LogP contribution in [-0.4, -0.2) is 33.7 Å². The Balaban J connectivity index is 1.80. The summed E-state index contributed by atoms with van der Waals surface area (Å²) in [4.78, 5) is 12.9. The van der Waals surface area contributed by atoms with Crippen LogP contribution in [0.25, 0.3) is 0 Å². The number of sulfonamides is 1. The van der Waals surface area contributed by atoms with Gasteiger partial charge in [-0.3, -0.25) is 9.10 Å². The Labute approximate surface area is 207 Å². The third-order valence-corrected chi connectivity index (χ3v) is 7.25. The van der Waals surface area contributed by atoms with E-state index in [4.69, 9.17) is 4.74 Å². The zero-order valence-electron chi connectivity index (χ0n) is 20.3. The van der Waals surface area contributed by atoms with Crippen molar-refractivity contribution < 1.29 is 17.9 Å². The van der Waals surface area contributed by atoms with E-state index in [-0.39, 0.29) is 4.90 Å². The minimum absolute atomic E-state index is 0.104. The number of benzene rings is 3. The van der Waals surface area contributed by atoms with Crippen LogP contribution in [0.5, 0.6) is 5.75 Å². The molecule has 184 valence electrons. The SMILES string of the molecule is CCCCOc1ccccc1/C=N/NC(=O)CN(c1ccc(C)c(C)c1)S(=O)(=O)c1ccccc1. The molecule has 35 heavy (non-hydrogen) atoms. The highest BCUT2D eigenvalue weighted by molar-refractivity contribution is 7.92. The monoisotopic (exact) mass is 493 g/mol. The molecule has 3 rings (SSSR count). The number of ether oxygens (including phenoxy) is 1. The molecular weight excluding hydrogens is 462 g/mol. The fourth-order valence-electron chi connectivity index (χ4n) is 3.30. The van der Waals surface area contributed by atoms with Crippen LogP contribution in [-0.2, 0) is 14.8 Å². The van der Waals surface area contributed by atoms with Gasteiger partial charge in [0, 0.05) is 5.56 Å². The van der Waals surface area contributed by atoms with Crippen molar-refractivity contribution in [2.45, 2.75) is 38.5 Å². The van der Waals surface area contributed by atoms with Gasteiger partial charge in [0.2, 0.25) is 0 Å². The minimum atomic E-state index is -3.97. The van der Waals surface area contributed by atoms with Gasteiger partial charge in [0.1, 0.15) is 12.3 Å². The Kier molecular flexibility index (Phi) is 9.03. The maximum atomic E-state index is 13.4. The average Bonchev–Trinajstić information content (AvgIpc) is 2.86. The van der Waals surface area contributed by atoms with E-state index < -0.39 is 22.5 Å². The van der Waals surface area contributed by atoms with E-state index >= 15 is 0 Å². The van der Waals surface area contributed by atoms with Crippen LogP contribution in [0.2, 0.25) is 0 Å². The quantitative estimate of drug-likeness (QED) is 0.235. The van der Waals surface area contributed by atoms with Crippen molar-refractivity contribution in [2.24, 2.45) is 5.10 Å². The maximum Gasteiger partial charge on any atom is 0.264 e. The minimum Gasteiger partial charge on any atom is -0.493 e. The molecular formula is C27H31N3O4S. The fourth-order valence-corrected chi connectivity index (χ4v) is 4.73. The molecule has 0 radical (unpaired) electrons. The summed E-state index contributed by atoms with van der Waals surface area (Å²) in [5.74, 6) is 0.103. The zero-order chi connectivity index (χ0) is 25.3. The standard InChI is InChI=1S/C27H31N3O4S/c1-4-5-17-34-26-14-10-9-11-23(26)19-28-29-27(31)20-30(24-16-15-21(2)22(3)18-24)35(32,33)25-12-7-6-8-13-25/h6-16,18-19H,4-5,17,20H2,1-3H3,(H,29,31)/b28-19+. The van der Waals surface area contributed by atoms with Gasteiger partial charge in [0.25, 0.3) is 15.9 Å². The van der Waals surface area contributed by atoms with Crippen LogP contribution >= 0.6 is 0 Å². The number of anilines is 1. The lowest BCUT2D eigenvalue weighted by atomic mass is 10.1. The smallest absolute Gasteiger partial charge is 0.264 e. The molecule has 0 saturated heterocycles. The first-order chi connectivity index (χ1) is 16.8. The van der Waals surface area contributed by atoms with Gasteiger partial charge in [-0.05, 0) is 67.8 Å². The summed E-state index contributed by atoms with van der Waals surface area (Å²) in [7, 11) is -3.97. The second kappa shape index (κ2) is 12.2. The molecule has 3 aromatic carbocycles. The number of para-hydroxylation sites is 1. The first kappa shape index (κ1) is 26.0. The van der Waals surface area contributed by atoms with E-state index in [1.165, 1.54) is 18.3 Å². The van der Waals surface area contributed by atoms with Crippen molar-refractivity contribution in [3.8, 4) is 5.75 Å². The molecule has 7 nitrogen and oxygen atoms in total. The van der Waals surface area contributed by atoms with Gasteiger partial charge in [0.15, 0.2) is 0 Å². The molecule has 0 saturated carbocycles. The van der Waals surface area contributed by atoms with Gasteiger partial charge in [-0.15, -0.1) is 0 Å². The van der Waals surface area contributed by atoms with Crippen molar-refractivity contribution in [2.75, 3.05) is 17.5 Å². The van der Waals surface area contributed by atoms with Crippen molar-refractivity contribution in [3.63, 3.8) is 0 Å². The van der Waals surface area contributed by atoms with Crippen LogP contribution in [0, 0.1) is 13.8 Å². The molecule has 0 heterocycles. The van der Waals surface area contributed by atoms with Gasteiger partial charge in [-0.25, -0.2) is 13.8 Å². The summed E-state index contributed by atoms with van der Waals surface area (Å²) in [6.45, 7) is 6.10. The molecule has 0 aliphatic carbocycles. The van der Waals surface area contributed by atoms with Crippen molar-refractivity contribution in [3.05, 3.63) is 89.5 Å². The molecule has 0 aliphatic rings. The number of hydrogen-bond acceptors (Lipinski definition) is 5. The van der Waals surface area contributed by atoms with E-state index in [2.05, 4.69) is 17.5 Å². The Morgan fingerprint density at radius 3 is 2.43 bits per heavy atom.